The van der Waals surface area contributed by atoms with E-state index in [1.54, 1.807) is 0 Å². The van der Waals surface area contributed by atoms with Crippen LogP contribution in [0.5, 0.6) is 0 Å². The van der Waals surface area contributed by atoms with E-state index in [-0.39, 0.29) is 12.1 Å². The molecule has 1 aliphatic rings. The molecule has 0 N–H and O–H groups in total. The third-order valence-electron chi connectivity index (χ3n) is 4.22. The molecule has 2 atom stereocenters. The summed E-state index contributed by atoms with van der Waals surface area (Å²) in [4.78, 5) is 11.1. The van der Waals surface area contributed by atoms with Gasteiger partial charge in [0, 0.05) is 6.42 Å². The summed E-state index contributed by atoms with van der Waals surface area (Å²) in [5, 5.41) is 0. The van der Waals surface area contributed by atoms with Gasteiger partial charge in [-0.3, -0.25) is 4.79 Å². The van der Waals surface area contributed by atoms with Gasteiger partial charge in [-0.05, 0) is 50.9 Å². The first-order chi connectivity index (χ1) is 13.2. The molecule has 1 fully saturated rings. The molecule has 0 bridgehead atoms. The summed E-state index contributed by atoms with van der Waals surface area (Å²) < 4.78 is 5.29. The number of carbonyl (C=O) groups excluding carboxylic acids is 1. The molecular weight excluding hydrogens is 332 g/mol. The lowest BCUT2D eigenvalue weighted by atomic mass is 9.98. The van der Waals surface area contributed by atoms with Gasteiger partial charge < -0.3 is 4.74 Å². The smallest absolute Gasteiger partial charge is 0.306 e. The summed E-state index contributed by atoms with van der Waals surface area (Å²) in [6.07, 6.45) is 29.7. The number of hydrogen-bond donors (Lipinski definition) is 0. The molecular formula is C25H40O2. The van der Waals surface area contributed by atoms with E-state index in [1.807, 2.05) is 13.8 Å². The van der Waals surface area contributed by atoms with Crippen molar-refractivity contribution in [2.24, 2.45) is 5.92 Å². The molecule has 0 saturated carbocycles. The van der Waals surface area contributed by atoms with E-state index in [4.69, 9.17) is 4.74 Å². The number of esters is 1. The fourth-order valence-corrected chi connectivity index (χ4v) is 2.66. The molecule has 0 aromatic carbocycles. The Morgan fingerprint density at radius 3 is 2.22 bits per heavy atom. The second-order valence-electron chi connectivity index (χ2n) is 6.51. The summed E-state index contributed by atoms with van der Waals surface area (Å²) in [7, 11) is 0. The van der Waals surface area contributed by atoms with Crippen LogP contribution < -0.4 is 0 Å². The summed E-state index contributed by atoms with van der Waals surface area (Å²) in [6, 6.07) is 0. The third kappa shape index (κ3) is 15.0. The number of cyclic esters (lactones) is 1. The van der Waals surface area contributed by atoms with Gasteiger partial charge in [0.2, 0.25) is 0 Å². The fourth-order valence-electron chi connectivity index (χ4n) is 2.66. The van der Waals surface area contributed by atoms with Gasteiger partial charge in [0.15, 0.2) is 0 Å². The third-order valence-corrected chi connectivity index (χ3v) is 4.22. The molecule has 0 amide bonds. The van der Waals surface area contributed by atoms with E-state index in [0.29, 0.717) is 12.3 Å². The zero-order valence-electron chi connectivity index (χ0n) is 17.9. The SMILES string of the molecule is CC.CC/C=C\CC/C=C/C=C\C/C=C\C/C=C\CC(C)C1CCC(=O)O1. The Bertz CT molecular complexity index is 494. The van der Waals surface area contributed by atoms with Crippen molar-refractivity contribution in [1.29, 1.82) is 0 Å². The first-order valence-electron chi connectivity index (χ1n) is 10.7. The fraction of sp³-hybridized carbons (Fsp3) is 0.560. The standard InChI is InChI=1S/C23H34O2.C2H6/c1-3-4-5-6-7-8-9-10-11-12-13-14-15-16-17-18-21(2)22-19-20-23(24)25-22;1-2/h4-5,8-11,13-14,16-17,21-22H,3,6-7,12,15,18-20H2,1-2H3;1-2H3/b5-4-,9-8+,11-10-,14-13-,17-16-;. The number of hydrogen-bond acceptors (Lipinski definition) is 2. The first-order valence-corrected chi connectivity index (χ1v) is 10.7. The van der Waals surface area contributed by atoms with Crippen molar-refractivity contribution in [3.8, 4) is 0 Å². The van der Waals surface area contributed by atoms with Crippen molar-refractivity contribution in [3.63, 3.8) is 0 Å². The van der Waals surface area contributed by atoms with Gasteiger partial charge in [0.25, 0.3) is 0 Å². The molecule has 0 aliphatic carbocycles. The Morgan fingerprint density at radius 2 is 1.56 bits per heavy atom. The minimum absolute atomic E-state index is 0.0417. The predicted octanol–water partition coefficient (Wildman–Crippen LogP) is 7.50. The van der Waals surface area contributed by atoms with Crippen LogP contribution in [0, 0.1) is 5.92 Å². The molecule has 0 radical (unpaired) electrons. The van der Waals surface area contributed by atoms with Crippen LogP contribution in [0.25, 0.3) is 0 Å². The van der Waals surface area contributed by atoms with Crippen LogP contribution in [0.4, 0.5) is 0 Å². The zero-order chi connectivity index (χ0) is 20.2. The molecule has 1 saturated heterocycles. The van der Waals surface area contributed by atoms with E-state index < -0.39 is 0 Å². The molecule has 0 spiro atoms. The Morgan fingerprint density at radius 1 is 0.926 bits per heavy atom. The highest BCUT2D eigenvalue weighted by Crippen LogP contribution is 2.23. The minimum atomic E-state index is -0.0417. The predicted molar refractivity (Wildman–Crippen MR) is 119 cm³/mol. The quantitative estimate of drug-likeness (QED) is 0.153. The molecule has 0 aromatic rings. The molecule has 152 valence electrons. The number of allylic oxidation sites excluding steroid dienone is 10. The molecule has 1 aliphatic heterocycles. The average Bonchev–Trinajstić information content (AvgIpc) is 3.13. The van der Waals surface area contributed by atoms with Gasteiger partial charge in [-0.1, -0.05) is 88.5 Å². The van der Waals surface area contributed by atoms with Crippen molar-refractivity contribution in [2.75, 3.05) is 0 Å². The molecule has 2 unspecified atom stereocenters. The van der Waals surface area contributed by atoms with E-state index >= 15 is 0 Å². The van der Waals surface area contributed by atoms with Gasteiger partial charge in [-0.15, -0.1) is 0 Å². The molecule has 27 heavy (non-hydrogen) atoms. The highest BCUT2D eigenvalue weighted by molar-refractivity contribution is 5.71. The van der Waals surface area contributed by atoms with Gasteiger partial charge in [-0.2, -0.15) is 0 Å². The van der Waals surface area contributed by atoms with Gasteiger partial charge in [0.05, 0.1) is 0 Å². The highest BCUT2D eigenvalue weighted by atomic mass is 16.5. The lowest BCUT2D eigenvalue weighted by Crippen LogP contribution is -2.16. The summed E-state index contributed by atoms with van der Waals surface area (Å²) >= 11 is 0. The molecule has 1 heterocycles. The maximum absolute atomic E-state index is 11.1. The van der Waals surface area contributed by atoms with E-state index in [9.17, 15) is 4.79 Å². The largest absolute Gasteiger partial charge is 0.462 e. The molecule has 2 heteroatoms. The van der Waals surface area contributed by atoms with Crippen LogP contribution in [-0.4, -0.2) is 12.1 Å². The normalized spacial score (nSPS) is 18.8. The highest BCUT2D eigenvalue weighted by Gasteiger charge is 2.27. The van der Waals surface area contributed by atoms with Gasteiger partial charge in [0.1, 0.15) is 6.10 Å². The first kappa shape index (κ1) is 25.2. The maximum Gasteiger partial charge on any atom is 0.306 e. The topological polar surface area (TPSA) is 26.3 Å². The number of carbonyl (C=O) groups is 1. The van der Waals surface area contributed by atoms with Crippen LogP contribution in [0.3, 0.4) is 0 Å². The van der Waals surface area contributed by atoms with E-state index in [2.05, 4.69) is 74.6 Å². The maximum atomic E-state index is 11.1. The van der Waals surface area contributed by atoms with Crippen molar-refractivity contribution in [2.45, 2.75) is 85.2 Å². The van der Waals surface area contributed by atoms with Crippen molar-refractivity contribution in [1.82, 2.24) is 0 Å². The van der Waals surface area contributed by atoms with Crippen molar-refractivity contribution in [3.05, 3.63) is 60.8 Å². The second-order valence-corrected chi connectivity index (χ2v) is 6.51. The molecule has 2 nitrogen and oxygen atoms in total. The number of rotatable bonds is 12. The van der Waals surface area contributed by atoms with Crippen LogP contribution in [0.1, 0.15) is 79.1 Å². The number of unbranched alkanes of at least 4 members (excludes halogenated alkanes) is 1. The Kier molecular flexibility index (Phi) is 17.7. The summed E-state index contributed by atoms with van der Waals surface area (Å²) in [6.45, 7) is 8.31. The van der Waals surface area contributed by atoms with Crippen LogP contribution in [-0.2, 0) is 9.53 Å². The lowest BCUT2D eigenvalue weighted by Gasteiger charge is -2.15. The van der Waals surface area contributed by atoms with Crippen LogP contribution in [0.2, 0.25) is 0 Å². The second kappa shape index (κ2) is 18.9. The Balaban J connectivity index is 0.00000326. The summed E-state index contributed by atoms with van der Waals surface area (Å²) in [5.41, 5.74) is 0. The minimum Gasteiger partial charge on any atom is -0.462 e. The lowest BCUT2D eigenvalue weighted by molar-refractivity contribution is -0.142. The van der Waals surface area contributed by atoms with Crippen LogP contribution >= 0.6 is 0 Å². The van der Waals surface area contributed by atoms with Crippen LogP contribution in [0.15, 0.2) is 60.8 Å². The molecule has 1 rings (SSSR count). The van der Waals surface area contributed by atoms with Gasteiger partial charge in [-0.25, -0.2) is 0 Å². The Labute approximate surface area is 167 Å². The van der Waals surface area contributed by atoms with Gasteiger partial charge >= 0.3 is 5.97 Å². The zero-order valence-corrected chi connectivity index (χ0v) is 17.9. The van der Waals surface area contributed by atoms with E-state index in [0.717, 1.165) is 44.9 Å². The summed E-state index contributed by atoms with van der Waals surface area (Å²) in [5.74, 6) is 0.374. The van der Waals surface area contributed by atoms with Crippen molar-refractivity contribution < 1.29 is 9.53 Å². The monoisotopic (exact) mass is 372 g/mol. The number of ether oxygens (including phenoxy) is 1. The van der Waals surface area contributed by atoms with E-state index in [1.165, 1.54) is 0 Å². The molecule has 0 aromatic heterocycles. The van der Waals surface area contributed by atoms with Crippen molar-refractivity contribution >= 4 is 5.97 Å². The average molecular weight is 373 g/mol. The Hall–Kier alpha value is -1.83.